The van der Waals surface area contributed by atoms with Gasteiger partial charge in [-0.25, -0.2) is 0 Å². The maximum Gasteiger partial charge on any atom is 0.252 e. The van der Waals surface area contributed by atoms with Crippen LogP contribution in [0, 0.1) is 0 Å². The lowest BCUT2D eigenvalue weighted by Crippen LogP contribution is -2.18. The lowest BCUT2D eigenvalue weighted by atomic mass is 10.1. The Morgan fingerprint density at radius 1 is 1.24 bits per heavy atom. The zero-order valence-corrected chi connectivity index (χ0v) is 12.2. The number of carbonyl (C=O) groups excluding carboxylic acids is 1. The number of benzene rings is 2. The Bertz CT molecular complexity index is 663. The number of para-hydroxylation sites is 1. The minimum atomic E-state index is -0.528. The maximum absolute atomic E-state index is 11.4. The zero-order chi connectivity index (χ0) is 14.8. The van der Waals surface area contributed by atoms with Crippen molar-refractivity contribution < 1.29 is 9.53 Å². The van der Waals surface area contributed by atoms with Gasteiger partial charge in [-0.05, 0) is 30.2 Å². The summed E-state index contributed by atoms with van der Waals surface area (Å²) in [6.07, 6.45) is 0.958. The largest absolute Gasteiger partial charge is 0.489 e. The second-order valence-electron chi connectivity index (χ2n) is 4.95. The molecule has 0 aliphatic carbocycles. The van der Waals surface area contributed by atoms with Gasteiger partial charge in [0.15, 0.2) is 5.75 Å². The number of ether oxygens (including phenoxy) is 1. The molecule has 1 aliphatic heterocycles. The molecule has 4 nitrogen and oxygen atoms in total. The van der Waals surface area contributed by atoms with Crippen LogP contribution in [0.25, 0.3) is 0 Å². The van der Waals surface area contributed by atoms with E-state index < -0.39 is 5.91 Å². The number of amides is 1. The van der Waals surface area contributed by atoms with E-state index in [1.807, 2.05) is 12.1 Å². The molecule has 5 heteroatoms. The van der Waals surface area contributed by atoms with Crippen molar-refractivity contribution in [2.75, 3.05) is 12.3 Å². The number of rotatable bonds is 4. The molecule has 0 aromatic heterocycles. The highest BCUT2D eigenvalue weighted by molar-refractivity contribution is 8.00. The van der Waals surface area contributed by atoms with Crippen LogP contribution < -0.4 is 16.2 Å². The molecule has 3 rings (SSSR count). The number of nitrogens with two attached hydrogens (primary N) is 2. The number of fused-ring (bicyclic) bond motifs is 1. The van der Waals surface area contributed by atoms with Crippen LogP contribution in [-0.4, -0.2) is 17.8 Å². The first-order valence-corrected chi connectivity index (χ1v) is 7.59. The fourth-order valence-corrected chi connectivity index (χ4v) is 3.65. The Hall–Kier alpha value is -2.14. The van der Waals surface area contributed by atoms with Gasteiger partial charge in [0.05, 0.1) is 11.3 Å². The molecule has 1 atom stereocenters. The summed E-state index contributed by atoms with van der Waals surface area (Å²) >= 11 is 1.79. The molecule has 108 valence electrons. The predicted octanol–water partition coefficient (Wildman–Crippen LogP) is 2.46. The van der Waals surface area contributed by atoms with E-state index in [-0.39, 0.29) is 0 Å². The van der Waals surface area contributed by atoms with Crippen LogP contribution >= 0.6 is 11.8 Å². The Morgan fingerprint density at radius 2 is 2.05 bits per heavy atom. The lowest BCUT2D eigenvalue weighted by Gasteiger charge is -2.15. The van der Waals surface area contributed by atoms with E-state index in [2.05, 4.69) is 12.1 Å². The SMILES string of the molecule is NC(=O)c1cccc(N)c1OCC1Cc2ccccc2S1. The van der Waals surface area contributed by atoms with Gasteiger partial charge in [0.2, 0.25) is 0 Å². The van der Waals surface area contributed by atoms with Crippen molar-refractivity contribution in [2.45, 2.75) is 16.6 Å². The number of thioether (sulfide) groups is 1. The number of nitrogen functional groups attached to an aromatic ring is 1. The van der Waals surface area contributed by atoms with Gasteiger partial charge in [0.1, 0.15) is 6.61 Å². The molecule has 4 N–H and O–H groups in total. The van der Waals surface area contributed by atoms with Crippen molar-refractivity contribution in [3.63, 3.8) is 0 Å². The highest BCUT2D eigenvalue weighted by Gasteiger charge is 2.23. The Labute approximate surface area is 127 Å². The second-order valence-corrected chi connectivity index (χ2v) is 6.29. The van der Waals surface area contributed by atoms with Gasteiger partial charge < -0.3 is 16.2 Å². The predicted molar refractivity (Wildman–Crippen MR) is 84.7 cm³/mol. The molecule has 2 aromatic rings. The smallest absolute Gasteiger partial charge is 0.252 e. The van der Waals surface area contributed by atoms with Crippen molar-refractivity contribution in [1.29, 1.82) is 0 Å². The Kier molecular flexibility index (Phi) is 3.75. The van der Waals surface area contributed by atoms with E-state index in [0.717, 1.165) is 6.42 Å². The summed E-state index contributed by atoms with van der Waals surface area (Å²) in [5.74, 6) is -0.138. The molecule has 0 saturated carbocycles. The fraction of sp³-hybridized carbons (Fsp3) is 0.188. The summed E-state index contributed by atoms with van der Waals surface area (Å²) in [6, 6.07) is 13.4. The monoisotopic (exact) mass is 300 g/mol. The summed E-state index contributed by atoms with van der Waals surface area (Å²) in [6.45, 7) is 0.494. The van der Waals surface area contributed by atoms with Crippen LogP contribution in [-0.2, 0) is 6.42 Å². The van der Waals surface area contributed by atoms with Crippen LogP contribution in [0.2, 0.25) is 0 Å². The summed E-state index contributed by atoms with van der Waals surface area (Å²) < 4.78 is 5.80. The molecule has 0 spiro atoms. The first-order chi connectivity index (χ1) is 10.1. The maximum atomic E-state index is 11.4. The van der Waals surface area contributed by atoms with Gasteiger partial charge in [-0.2, -0.15) is 0 Å². The minimum Gasteiger partial charge on any atom is -0.489 e. The lowest BCUT2D eigenvalue weighted by molar-refractivity contribution is 0.0996. The first-order valence-electron chi connectivity index (χ1n) is 6.71. The number of hydrogen-bond acceptors (Lipinski definition) is 4. The number of hydrogen-bond donors (Lipinski definition) is 2. The number of anilines is 1. The van der Waals surface area contributed by atoms with Gasteiger partial charge in [-0.3, -0.25) is 4.79 Å². The third-order valence-corrected chi connectivity index (χ3v) is 4.73. The van der Waals surface area contributed by atoms with Crippen LogP contribution in [0.3, 0.4) is 0 Å². The average Bonchev–Trinajstić information content (AvgIpc) is 2.88. The third-order valence-electron chi connectivity index (χ3n) is 3.44. The van der Waals surface area contributed by atoms with Gasteiger partial charge in [0, 0.05) is 10.1 Å². The summed E-state index contributed by atoms with van der Waals surface area (Å²) in [5, 5.41) is 0.322. The quantitative estimate of drug-likeness (QED) is 0.850. The molecular weight excluding hydrogens is 284 g/mol. The molecule has 1 unspecified atom stereocenters. The first kappa shape index (κ1) is 13.8. The van der Waals surface area contributed by atoms with Crippen LogP contribution in [0.15, 0.2) is 47.4 Å². The molecular formula is C16H16N2O2S. The van der Waals surface area contributed by atoms with Crippen molar-refractivity contribution in [1.82, 2.24) is 0 Å². The highest BCUT2D eigenvalue weighted by atomic mass is 32.2. The molecule has 0 bridgehead atoms. The van der Waals surface area contributed by atoms with Gasteiger partial charge in [0.25, 0.3) is 5.91 Å². The van der Waals surface area contributed by atoms with Crippen molar-refractivity contribution in [3.8, 4) is 5.75 Å². The summed E-state index contributed by atoms with van der Waals surface area (Å²) in [5.41, 5.74) is 13.4. The third kappa shape index (κ3) is 2.83. The Morgan fingerprint density at radius 3 is 2.81 bits per heavy atom. The van der Waals surface area contributed by atoms with Crippen molar-refractivity contribution >= 4 is 23.4 Å². The molecule has 21 heavy (non-hydrogen) atoms. The Balaban J connectivity index is 1.71. The molecule has 2 aromatic carbocycles. The molecule has 0 radical (unpaired) electrons. The fourth-order valence-electron chi connectivity index (χ4n) is 2.43. The normalized spacial score (nSPS) is 16.5. The number of carbonyl (C=O) groups is 1. The van der Waals surface area contributed by atoms with E-state index in [1.165, 1.54) is 10.5 Å². The summed E-state index contributed by atoms with van der Waals surface area (Å²) in [4.78, 5) is 12.7. The van der Waals surface area contributed by atoms with Gasteiger partial charge >= 0.3 is 0 Å². The molecule has 0 fully saturated rings. The average molecular weight is 300 g/mol. The minimum absolute atomic E-state index is 0.322. The van der Waals surface area contributed by atoms with E-state index >= 15 is 0 Å². The van der Waals surface area contributed by atoms with E-state index in [4.69, 9.17) is 16.2 Å². The molecule has 1 heterocycles. The highest BCUT2D eigenvalue weighted by Crippen LogP contribution is 2.37. The summed E-state index contributed by atoms with van der Waals surface area (Å²) in [7, 11) is 0. The van der Waals surface area contributed by atoms with Gasteiger partial charge in [-0.1, -0.05) is 24.3 Å². The van der Waals surface area contributed by atoms with Crippen LogP contribution in [0.5, 0.6) is 5.75 Å². The van der Waals surface area contributed by atoms with Crippen molar-refractivity contribution in [2.24, 2.45) is 5.73 Å². The van der Waals surface area contributed by atoms with E-state index in [1.54, 1.807) is 30.0 Å². The van der Waals surface area contributed by atoms with Crippen molar-refractivity contribution in [3.05, 3.63) is 53.6 Å². The van der Waals surface area contributed by atoms with Crippen LogP contribution in [0.1, 0.15) is 15.9 Å². The van der Waals surface area contributed by atoms with Gasteiger partial charge in [-0.15, -0.1) is 11.8 Å². The van der Waals surface area contributed by atoms with Crippen LogP contribution in [0.4, 0.5) is 5.69 Å². The molecule has 0 saturated heterocycles. The number of primary amides is 1. The topological polar surface area (TPSA) is 78.3 Å². The second kappa shape index (κ2) is 5.69. The zero-order valence-electron chi connectivity index (χ0n) is 11.4. The molecule has 1 aliphatic rings. The molecule has 1 amide bonds. The van der Waals surface area contributed by atoms with E-state index in [9.17, 15) is 4.79 Å². The standard InChI is InChI=1S/C16H16N2O2S/c17-13-6-3-5-12(16(18)19)15(13)20-9-11-8-10-4-1-2-7-14(10)21-11/h1-7,11H,8-9,17H2,(H2,18,19). The van der Waals surface area contributed by atoms with E-state index in [0.29, 0.717) is 28.9 Å².